The number of carbonyl (C=O) groups is 2. The normalized spacial score (nSPS) is 25.9. The largest absolute Gasteiger partial charge is 0.375 e. The second kappa shape index (κ2) is 13.3. The number of rotatable bonds is 9. The summed E-state index contributed by atoms with van der Waals surface area (Å²) in [5, 5.41) is 40.7. The molecule has 0 bridgehead atoms. The Morgan fingerprint density at radius 1 is 0.682 bits per heavy atom. The van der Waals surface area contributed by atoms with Crippen molar-refractivity contribution in [1.82, 2.24) is 0 Å². The minimum Gasteiger partial charge on any atom is -0.375 e. The van der Waals surface area contributed by atoms with Crippen molar-refractivity contribution in [3.63, 3.8) is 0 Å². The van der Waals surface area contributed by atoms with Crippen molar-refractivity contribution >= 4 is 11.8 Å². The van der Waals surface area contributed by atoms with Crippen LogP contribution in [-0.2, 0) is 22.4 Å². The second-order valence-corrected chi connectivity index (χ2v) is 14.2. The Hall–Kier alpha value is -3.40. The van der Waals surface area contributed by atoms with Gasteiger partial charge >= 0.3 is 11.8 Å². The zero-order valence-electron chi connectivity index (χ0n) is 26.8. The minimum atomic E-state index is -1.35. The van der Waals surface area contributed by atoms with Crippen molar-refractivity contribution < 1.29 is 28.8 Å². The van der Waals surface area contributed by atoms with E-state index in [0.29, 0.717) is 25.9 Å². The third-order valence-electron chi connectivity index (χ3n) is 10.1. The maximum Gasteiger partial charge on any atom is 0.317 e. The monoisotopic (exact) mass is 600 g/mol. The van der Waals surface area contributed by atoms with Gasteiger partial charge in [-0.1, -0.05) is 61.4 Å². The molecular formula is C36H48N4O4+2. The van der Waals surface area contributed by atoms with E-state index in [-0.39, 0.29) is 45.5 Å². The maximum atomic E-state index is 13.3. The summed E-state index contributed by atoms with van der Waals surface area (Å²) in [7, 11) is 7.43. The molecule has 2 N–H and O–H groups in total. The van der Waals surface area contributed by atoms with Crippen LogP contribution in [0.25, 0.3) is 11.1 Å². The molecule has 2 aliphatic carbocycles. The first-order valence-corrected chi connectivity index (χ1v) is 15.9. The number of hydrogen-bond acceptors (Lipinski definition) is 6. The molecule has 2 amide bonds. The molecule has 8 heteroatoms. The molecule has 0 aromatic heterocycles. The van der Waals surface area contributed by atoms with E-state index in [1.807, 2.05) is 76.7 Å². The number of aliphatic hydroxyl groups is 2. The zero-order chi connectivity index (χ0) is 32.2. The lowest BCUT2D eigenvalue weighted by atomic mass is 9.75. The van der Waals surface area contributed by atoms with Gasteiger partial charge in [0.05, 0.1) is 78.1 Å². The molecule has 2 saturated carbocycles. The number of nitriles is 2. The first kappa shape index (κ1) is 33.5. The van der Waals surface area contributed by atoms with Gasteiger partial charge < -0.3 is 10.2 Å². The molecule has 2 aliphatic rings. The van der Waals surface area contributed by atoms with Gasteiger partial charge in [0.15, 0.2) is 11.2 Å². The fourth-order valence-corrected chi connectivity index (χ4v) is 6.95. The first-order chi connectivity index (χ1) is 20.7. The summed E-state index contributed by atoms with van der Waals surface area (Å²) in [5.74, 6) is -0.350. The Kier molecular flexibility index (Phi) is 10.1. The summed E-state index contributed by atoms with van der Waals surface area (Å²) in [4.78, 5) is 26.5. The third kappa shape index (κ3) is 7.62. The van der Waals surface area contributed by atoms with Crippen LogP contribution < -0.4 is 0 Å². The lowest BCUT2D eigenvalue weighted by molar-refractivity contribution is -0.819. The molecule has 2 fully saturated rings. The summed E-state index contributed by atoms with van der Waals surface area (Å²) >= 11 is 0. The predicted molar refractivity (Wildman–Crippen MR) is 168 cm³/mol. The summed E-state index contributed by atoms with van der Waals surface area (Å²) in [6.07, 6.45) is 6.59. The van der Waals surface area contributed by atoms with Gasteiger partial charge in [0, 0.05) is 0 Å². The Labute approximate surface area is 262 Å². The Balaban J connectivity index is 1.34. The van der Waals surface area contributed by atoms with Gasteiger partial charge in [0.1, 0.15) is 0 Å². The number of benzene rings is 2. The number of likely N-dealkylation sites (N-methyl/N-ethyl adjacent to an activating group) is 2. The molecule has 2 aromatic carbocycles. The Morgan fingerprint density at radius 2 is 1.02 bits per heavy atom. The minimum absolute atomic E-state index is 0.0414. The van der Waals surface area contributed by atoms with E-state index >= 15 is 0 Å². The molecule has 8 nitrogen and oxygen atoms in total. The molecule has 44 heavy (non-hydrogen) atoms. The van der Waals surface area contributed by atoms with Gasteiger partial charge in [-0.05, 0) is 60.8 Å². The molecule has 4 unspecified atom stereocenters. The van der Waals surface area contributed by atoms with Gasteiger partial charge in [0.25, 0.3) is 0 Å². The molecule has 234 valence electrons. The van der Waals surface area contributed by atoms with Crippen LogP contribution in [0.5, 0.6) is 0 Å². The van der Waals surface area contributed by atoms with E-state index < -0.39 is 11.2 Å². The SMILES string of the molecule is C[N+](C)(CC1CCCCC1(O)C#N)C(=O)Cc1ccc(-c2ccc(CC(=O)[N+](C)(C)CC3CCCCC3(O)C#N)cc2)cc1. The van der Waals surface area contributed by atoms with Gasteiger partial charge in [-0.3, -0.25) is 8.97 Å². The topological polar surface area (TPSA) is 122 Å². The van der Waals surface area contributed by atoms with Crippen LogP contribution in [0.4, 0.5) is 0 Å². The number of nitrogens with zero attached hydrogens (tertiary/aromatic N) is 4. The number of carbonyl (C=O) groups excluding carboxylic acids is 2. The third-order valence-corrected chi connectivity index (χ3v) is 10.1. The van der Waals surface area contributed by atoms with Crippen LogP contribution in [0.3, 0.4) is 0 Å². The number of hydrogen-bond donors (Lipinski definition) is 2. The highest BCUT2D eigenvalue weighted by atomic mass is 16.3. The van der Waals surface area contributed by atoms with Crippen molar-refractivity contribution in [2.75, 3.05) is 41.3 Å². The van der Waals surface area contributed by atoms with Crippen LogP contribution in [0, 0.1) is 34.5 Å². The van der Waals surface area contributed by atoms with Gasteiger partial charge in [-0.15, -0.1) is 0 Å². The van der Waals surface area contributed by atoms with Crippen LogP contribution >= 0.6 is 0 Å². The highest BCUT2D eigenvalue weighted by Gasteiger charge is 2.45. The summed E-state index contributed by atoms with van der Waals surface area (Å²) < 4.78 is 0.234. The van der Waals surface area contributed by atoms with Crippen LogP contribution in [0.2, 0.25) is 0 Å². The number of quaternary nitrogens is 2. The summed E-state index contributed by atoms with van der Waals surface area (Å²) in [6.45, 7) is 0.878. The van der Waals surface area contributed by atoms with E-state index in [2.05, 4.69) is 12.1 Å². The van der Waals surface area contributed by atoms with E-state index in [4.69, 9.17) is 0 Å². The zero-order valence-corrected chi connectivity index (χ0v) is 26.8. The van der Waals surface area contributed by atoms with E-state index in [1.165, 1.54) is 0 Å². The highest BCUT2D eigenvalue weighted by molar-refractivity contribution is 5.74. The molecule has 0 saturated heterocycles. The van der Waals surface area contributed by atoms with Crippen molar-refractivity contribution in [2.24, 2.45) is 11.8 Å². The molecule has 4 rings (SSSR count). The lowest BCUT2D eigenvalue weighted by Crippen LogP contribution is -2.54. The predicted octanol–water partition coefficient (Wildman–Crippen LogP) is 4.53. The molecule has 0 spiro atoms. The lowest BCUT2D eigenvalue weighted by Gasteiger charge is -2.39. The standard InChI is InChI=1S/C36H48N4O4/c1-39(2,23-31-9-5-7-19-35(31,43)25-37)33(41)21-27-11-15-29(16-12-27)30-17-13-28(14-18-30)22-34(42)40(3,4)24-32-10-6-8-20-36(32,44)26-38/h11-18,31-32,43-44H,5-10,19-24H2,1-4H3/q+2. The van der Waals surface area contributed by atoms with Crippen LogP contribution in [0.1, 0.15) is 62.5 Å². The fourth-order valence-electron chi connectivity index (χ4n) is 6.95. The Morgan fingerprint density at radius 3 is 1.34 bits per heavy atom. The first-order valence-electron chi connectivity index (χ1n) is 15.9. The van der Waals surface area contributed by atoms with Crippen LogP contribution in [-0.4, -0.2) is 83.5 Å². The fraction of sp³-hybridized carbons (Fsp3) is 0.556. The average molecular weight is 601 g/mol. The molecule has 0 aliphatic heterocycles. The smallest absolute Gasteiger partial charge is 0.317 e. The average Bonchev–Trinajstić information content (AvgIpc) is 3.00. The molecule has 2 aromatic rings. The molecule has 0 radical (unpaired) electrons. The van der Waals surface area contributed by atoms with Crippen molar-refractivity contribution in [1.29, 1.82) is 10.5 Å². The molecule has 0 heterocycles. The maximum absolute atomic E-state index is 13.3. The summed E-state index contributed by atoms with van der Waals surface area (Å²) in [5.41, 5.74) is 1.14. The van der Waals surface area contributed by atoms with Crippen molar-refractivity contribution in [3.05, 3.63) is 59.7 Å². The van der Waals surface area contributed by atoms with Crippen molar-refractivity contribution in [2.45, 2.75) is 75.4 Å². The van der Waals surface area contributed by atoms with Crippen LogP contribution in [0.15, 0.2) is 48.5 Å². The summed E-state index contributed by atoms with van der Waals surface area (Å²) in [6, 6.07) is 20.0. The molecule has 4 atom stereocenters. The Bertz CT molecular complexity index is 1310. The van der Waals surface area contributed by atoms with Gasteiger partial charge in [-0.25, -0.2) is 9.59 Å². The second-order valence-electron chi connectivity index (χ2n) is 14.2. The van der Waals surface area contributed by atoms with Gasteiger partial charge in [-0.2, -0.15) is 10.5 Å². The highest BCUT2D eigenvalue weighted by Crippen LogP contribution is 2.36. The van der Waals surface area contributed by atoms with E-state index in [1.54, 1.807) is 0 Å². The molecular weight excluding hydrogens is 552 g/mol. The van der Waals surface area contributed by atoms with Gasteiger partial charge in [0.2, 0.25) is 0 Å². The quantitative estimate of drug-likeness (QED) is 0.322. The number of amides is 2. The van der Waals surface area contributed by atoms with E-state index in [9.17, 15) is 30.3 Å². The van der Waals surface area contributed by atoms with Crippen molar-refractivity contribution in [3.8, 4) is 23.3 Å². The van der Waals surface area contributed by atoms with E-state index in [0.717, 1.165) is 60.8 Å².